The van der Waals surface area contributed by atoms with Crippen molar-refractivity contribution < 1.29 is 14.0 Å². The fraction of sp³-hybridized carbons (Fsp3) is 0.294. The molecule has 9 nitrogen and oxygen atoms in total. The Morgan fingerprint density at radius 3 is 2.43 bits per heavy atom. The van der Waals surface area contributed by atoms with Gasteiger partial charge in [0.05, 0.1) is 16.9 Å². The van der Waals surface area contributed by atoms with Gasteiger partial charge in [-0.05, 0) is 73.0 Å². The van der Waals surface area contributed by atoms with Crippen LogP contribution in [0, 0.1) is 11.7 Å². The van der Waals surface area contributed by atoms with Crippen molar-refractivity contribution >= 4 is 28.9 Å². The molecule has 5 heterocycles. The third kappa shape index (κ3) is 5.43. The fourth-order valence-electron chi connectivity index (χ4n) is 6.83. The summed E-state index contributed by atoms with van der Waals surface area (Å²) in [6.45, 7) is 4.45. The molecule has 2 amide bonds. The third-order valence-corrected chi connectivity index (χ3v) is 8.99. The lowest BCUT2D eigenvalue weighted by Gasteiger charge is -2.44. The van der Waals surface area contributed by atoms with Crippen LogP contribution >= 0.6 is 0 Å². The highest BCUT2D eigenvalue weighted by molar-refractivity contribution is 6.07. The van der Waals surface area contributed by atoms with Crippen LogP contribution < -0.4 is 20.7 Å². The lowest BCUT2D eigenvalue weighted by molar-refractivity contribution is 0.0746. The van der Waals surface area contributed by atoms with Gasteiger partial charge in [-0.2, -0.15) is 0 Å². The minimum atomic E-state index is -0.300. The Kier molecular flexibility index (Phi) is 7.33. The molecule has 0 saturated carbocycles. The van der Waals surface area contributed by atoms with Gasteiger partial charge in [0.1, 0.15) is 5.82 Å². The Labute approximate surface area is 254 Å². The molecule has 2 atom stereocenters. The monoisotopic (exact) mass is 592 g/mol. The van der Waals surface area contributed by atoms with Crippen molar-refractivity contribution in [2.45, 2.75) is 18.9 Å². The lowest BCUT2D eigenvalue weighted by Crippen LogP contribution is -2.49. The first-order chi connectivity index (χ1) is 21.4. The number of pyridine rings is 2. The number of amides is 2. The number of piperazine rings is 1. The van der Waals surface area contributed by atoms with E-state index in [-0.39, 0.29) is 29.1 Å². The molecule has 2 fully saturated rings. The van der Waals surface area contributed by atoms with Crippen LogP contribution in [0.2, 0.25) is 0 Å². The lowest BCUT2D eigenvalue weighted by atomic mass is 9.83. The van der Waals surface area contributed by atoms with Crippen LogP contribution in [0.5, 0.6) is 0 Å². The Morgan fingerprint density at radius 1 is 0.841 bits per heavy atom. The van der Waals surface area contributed by atoms with E-state index >= 15 is 0 Å². The number of carbonyl (C=O) groups excluding carboxylic acids is 2. The summed E-state index contributed by atoms with van der Waals surface area (Å²) < 4.78 is 15.3. The molecule has 4 aromatic rings. The van der Waals surface area contributed by atoms with E-state index in [9.17, 15) is 18.8 Å². The van der Waals surface area contributed by atoms with E-state index in [4.69, 9.17) is 0 Å². The van der Waals surface area contributed by atoms with Crippen LogP contribution in [0.3, 0.4) is 0 Å². The summed E-state index contributed by atoms with van der Waals surface area (Å²) in [6.07, 6.45) is 4.15. The van der Waals surface area contributed by atoms with Gasteiger partial charge in [0.15, 0.2) is 0 Å². The molecule has 2 aromatic carbocycles. The van der Waals surface area contributed by atoms with Crippen LogP contribution in [-0.2, 0) is 6.54 Å². The Balaban J connectivity index is 1.14. The second-order valence-electron chi connectivity index (χ2n) is 11.8. The van der Waals surface area contributed by atoms with E-state index in [1.54, 1.807) is 42.6 Å². The van der Waals surface area contributed by atoms with E-state index < -0.39 is 0 Å². The minimum absolute atomic E-state index is 0.0384. The predicted octanol–water partition coefficient (Wildman–Crippen LogP) is 4.22. The Hall–Kier alpha value is -4.99. The molecular formula is C34H33FN6O3. The third-order valence-electron chi connectivity index (χ3n) is 8.99. The van der Waals surface area contributed by atoms with Crippen LogP contribution in [0.1, 0.15) is 38.7 Å². The number of hydrogen-bond donors (Lipinski definition) is 1. The second kappa shape index (κ2) is 11.6. The number of carbonyl (C=O) groups is 2. The van der Waals surface area contributed by atoms with Crippen molar-refractivity contribution in [2.75, 3.05) is 54.4 Å². The zero-order valence-corrected chi connectivity index (χ0v) is 24.2. The van der Waals surface area contributed by atoms with Gasteiger partial charge < -0.3 is 24.6 Å². The quantitative estimate of drug-likeness (QED) is 0.373. The smallest absolute Gasteiger partial charge is 0.257 e. The van der Waals surface area contributed by atoms with Gasteiger partial charge in [-0.3, -0.25) is 19.4 Å². The largest absolute Gasteiger partial charge is 0.369 e. The van der Waals surface area contributed by atoms with E-state index in [0.717, 1.165) is 30.0 Å². The van der Waals surface area contributed by atoms with Crippen LogP contribution in [0.25, 0.3) is 0 Å². The summed E-state index contributed by atoms with van der Waals surface area (Å²) in [5, 5.41) is 3.06. The number of fused-ring (bicyclic) bond motifs is 4. The zero-order chi connectivity index (χ0) is 30.2. The molecule has 224 valence electrons. The maximum Gasteiger partial charge on any atom is 0.257 e. The Morgan fingerprint density at radius 2 is 1.66 bits per heavy atom. The number of nitrogens with zero attached hydrogens (tertiary/aromatic N) is 5. The van der Waals surface area contributed by atoms with E-state index in [1.165, 1.54) is 18.3 Å². The first kappa shape index (κ1) is 27.8. The number of rotatable bonds is 5. The zero-order valence-electron chi connectivity index (χ0n) is 24.2. The number of anilines is 3. The molecule has 3 aliphatic heterocycles. The molecule has 0 spiro atoms. The van der Waals surface area contributed by atoms with Crippen molar-refractivity contribution in [3.05, 3.63) is 118 Å². The van der Waals surface area contributed by atoms with Gasteiger partial charge in [-0.25, -0.2) is 4.39 Å². The molecule has 44 heavy (non-hydrogen) atoms. The number of nitrogens with one attached hydrogen (secondary N) is 1. The van der Waals surface area contributed by atoms with Crippen LogP contribution in [0.4, 0.5) is 21.5 Å². The summed E-state index contributed by atoms with van der Waals surface area (Å²) in [4.78, 5) is 49.8. The number of hydrogen-bond acceptors (Lipinski definition) is 6. The summed E-state index contributed by atoms with van der Waals surface area (Å²) in [7, 11) is 0. The highest BCUT2D eigenvalue weighted by Gasteiger charge is 2.35. The fourth-order valence-corrected chi connectivity index (χ4v) is 6.83. The molecule has 10 heteroatoms. The average Bonchev–Trinajstić information content (AvgIpc) is 3.06. The number of halogens is 1. The van der Waals surface area contributed by atoms with E-state index in [1.807, 2.05) is 33.7 Å². The molecule has 0 aliphatic carbocycles. The van der Waals surface area contributed by atoms with Gasteiger partial charge in [0.2, 0.25) is 0 Å². The van der Waals surface area contributed by atoms with Crippen LogP contribution in [0.15, 0.2) is 90.0 Å². The first-order valence-corrected chi connectivity index (χ1v) is 15.0. The molecule has 2 bridgehead atoms. The summed E-state index contributed by atoms with van der Waals surface area (Å²) in [6, 6.07) is 20.9. The van der Waals surface area contributed by atoms with E-state index in [0.29, 0.717) is 62.0 Å². The van der Waals surface area contributed by atoms with Crippen molar-refractivity contribution in [2.24, 2.45) is 5.92 Å². The maximum atomic E-state index is 13.7. The van der Waals surface area contributed by atoms with Gasteiger partial charge >= 0.3 is 0 Å². The summed E-state index contributed by atoms with van der Waals surface area (Å²) >= 11 is 0. The molecule has 2 unspecified atom stereocenters. The van der Waals surface area contributed by atoms with Gasteiger partial charge in [0, 0.05) is 87.1 Å². The van der Waals surface area contributed by atoms with Crippen LogP contribution in [-0.4, -0.2) is 65.5 Å². The second-order valence-corrected chi connectivity index (χ2v) is 11.8. The van der Waals surface area contributed by atoms with Crippen molar-refractivity contribution in [1.29, 1.82) is 0 Å². The van der Waals surface area contributed by atoms with Crippen molar-refractivity contribution in [3.8, 4) is 0 Å². The molecular weight excluding hydrogens is 559 g/mol. The molecule has 2 aromatic heterocycles. The number of piperidine rings is 1. The number of aromatic nitrogens is 2. The predicted molar refractivity (Wildman–Crippen MR) is 167 cm³/mol. The van der Waals surface area contributed by atoms with Gasteiger partial charge in [0.25, 0.3) is 17.4 Å². The normalized spacial score (nSPS) is 19.3. The Bertz CT molecular complexity index is 1750. The maximum absolute atomic E-state index is 13.7. The highest BCUT2D eigenvalue weighted by Crippen LogP contribution is 2.39. The minimum Gasteiger partial charge on any atom is -0.369 e. The number of benzene rings is 2. The van der Waals surface area contributed by atoms with E-state index in [2.05, 4.69) is 20.1 Å². The molecule has 1 N–H and O–H groups in total. The topological polar surface area (TPSA) is 90.8 Å². The van der Waals surface area contributed by atoms with Gasteiger partial charge in [-0.15, -0.1) is 0 Å². The standard InChI is InChI=1S/C34H33FN6O3/c35-27-7-9-28(10-8-27)38-13-15-39(16-14-38)34(44)24-6-11-31(29(18-24)37-33(43)25-3-2-12-36-19-25)40-20-23-17-26(22-40)30-4-1-5-32(42)41(30)21-23/h1-12,18-19,23,26H,13-17,20-22H2,(H,37,43). The summed E-state index contributed by atoms with van der Waals surface area (Å²) in [5.74, 6) is -0.189. The van der Waals surface area contributed by atoms with Crippen molar-refractivity contribution in [3.63, 3.8) is 0 Å². The average molecular weight is 593 g/mol. The summed E-state index contributed by atoms with van der Waals surface area (Å²) in [5.41, 5.74) is 4.36. The SMILES string of the molecule is O=C(Nc1cc(C(=O)N2CCN(c3ccc(F)cc3)CC2)ccc1N1CC2CC(C1)c1cccc(=O)n1C2)c1cccnc1. The molecule has 2 saturated heterocycles. The first-order valence-electron chi connectivity index (χ1n) is 15.0. The van der Waals surface area contributed by atoms with Crippen molar-refractivity contribution in [1.82, 2.24) is 14.5 Å². The van der Waals surface area contributed by atoms with Gasteiger partial charge in [-0.1, -0.05) is 6.07 Å². The highest BCUT2D eigenvalue weighted by atomic mass is 19.1. The molecule has 3 aliphatic rings. The molecule has 0 radical (unpaired) electrons. The molecule has 7 rings (SSSR count).